The van der Waals surface area contributed by atoms with Crippen LogP contribution in [0, 0.1) is 18.2 Å². The average Bonchev–Trinajstić information content (AvgIpc) is 3.15. The number of rotatable bonds is 4. The van der Waals surface area contributed by atoms with Crippen LogP contribution in [0.2, 0.25) is 0 Å². The summed E-state index contributed by atoms with van der Waals surface area (Å²) in [4.78, 5) is 42.3. The first kappa shape index (κ1) is 27.8. The minimum atomic E-state index is -1.05. The van der Waals surface area contributed by atoms with Crippen molar-refractivity contribution in [3.63, 3.8) is 0 Å². The summed E-state index contributed by atoms with van der Waals surface area (Å²) in [7, 11) is 0. The molecular formula is C31H26F2N6O4. The number of ether oxygens (including phenoxy) is 1. The van der Waals surface area contributed by atoms with Gasteiger partial charge in [-0.15, -0.1) is 0 Å². The van der Waals surface area contributed by atoms with Crippen LogP contribution < -0.4 is 15.3 Å². The summed E-state index contributed by atoms with van der Waals surface area (Å²) in [5, 5.41) is 10.6. The zero-order valence-corrected chi connectivity index (χ0v) is 23.3. The van der Waals surface area contributed by atoms with Gasteiger partial charge in [-0.05, 0) is 29.7 Å². The van der Waals surface area contributed by atoms with Crippen LogP contribution in [0.1, 0.15) is 25.3 Å². The van der Waals surface area contributed by atoms with Crippen LogP contribution in [0.15, 0.2) is 53.8 Å². The molecule has 1 amide bonds. The van der Waals surface area contributed by atoms with Crippen molar-refractivity contribution >= 4 is 28.4 Å². The highest BCUT2D eigenvalue weighted by atomic mass is 19.1. The number of phenols is 1. The fourth-order valence-corrected chi connectivity index (χ4v) is 5.77. The molecule has 0 unspecified atom stereocenters. The zero-order chi connectivity index (χ0) is 30.6. The molecule has 0 radical (unpaired) electrons. The number of pyridine rings is 1. The highest BCUT2D eigenvalue weighted by Gasteiger charge is 2.38. The lowest BCUT2D eigenvalue weighted by atomic mass is 9.99. The maximum atomic E-state index is 16.4. The van der Waals surface area contributed by atoms with Gasteiger partial charge in [-0.3, -0.25) is 9.36 Å². The molecule has 1 atom stereocenters. The van der Waals surface area contributed by atoms with Gasteiger partial charge in [-0.2, -0.15) is 4.98 Å². The lowest BCUT2D eigenvalue weighted by molar-refractivity contribution is -0.126. The molecule has 0 bridgehead atoms. The normalized spacial score (nSPS) is 16.0. The quantitative estimate of drug-likeness (QED) is 0.274. The molecular weight excluding hydrogens is 558 g/mol. The molecule has 2 aliphatic rings. The number of hydrogen-bond acceptors (Lipinski definition) is 7. The van der Waals surface area contributed by atoms with Gasteiger partial charge in [0, 0.05) is 19.6 Å². The van der Waals surface area contributed by atoms with E-state index >= 15 is 8.78 Å². The summed E-state index contributed by atoms with van der Waals surface area (Å²) < 4.78 is 38.8. The maximum Gasteiger partial charge on any atom is 0.354 e. The smallest absolute Gasteiger partial charge is 0.354 e. The Morgan fingerprint density at radius 3 is 2.67 bits per heavy atom. The van der Waals surface area contributed by atoms with Gasteiger partial charge in [0.1, 0.15) is 35.1 Å². The number of phenolic OH excluding ortho intramolecular Hbond substituents is 1. The number of fused-ring (bicyclic) bond motifs is 2. The van der Waals surface area contributed by atoms with Gasteiger partial charge in [0.2, 0.25) is 11.6 Å². The third kappa shape index (κ3) is 4.35. The largest absolute Gasteiger partial charge is 0.507 e. The van der Waals surface area contributed by atoms with Gasteiger partial charge in [0.05, 0.1) is 23.9 Å². The molecule has 4 aromatic rings. The lowest BCUT2D eigenvalue weighted by Gasteiger charge is -2.40. The molecule has 1 fully saturated rings. The Balaban J connectivity index is 1.73. The SMILES string of the molecule is [C-]#[N+]c1cccc(C(C)C)c1-n1c(=O)nc2c3c(c(F)c(-c4c(O)cccc4F)nc31)OC[C@H]1CN(C(=O)C=C)CCN21. The van der Waals surface area contributed by atoms with E-state index in [9.17, 15) is 14.7 Å². The fourth-order valence-electron chi connectivity index (χ4n) is 5.77. The number of aromatic hydroxyl groups is 1. The molecule has 10 nitrogen and oxygen atoms in total. The van der Waals surface area contributed by atoms with Gasteiger partial charge in [0.15, 0.2) is 17.2 Å². The zero-order valence-electron chi connectivity index (χ0n) is 23.3. The number of carbonyl (C=O) groups excluding carboxylic acids is 1. The molecule has 43 heavy (non-hydrogen) atoms. The molecule has 0 saturated carbocycles. The second kappa shape index (κ2) is 10.5. The number of anilines is 1. The number of piperazine rings is 1. The summed E-state index contributed by atoms with van der Waals surface area (Å²) in [6, 6.07) is 8.04. The second-order valence-electron chi connectivity index (χ2n) is 10.6. The number of carbonyl (C=O) groups is 1. The number of para-hydroxylation sites is 1. The third-order valence-electron chi connectivity index (χ3n) is 7.81. The van der Waals surface area contributed by atoms with Crippen molar-refractivity contribution in [2.45, 2.75) is 25.8 Å². The first-order valence-electron chi connectivity index (χ1n) is 13.6. The molecule has 0 spiro atoms. The van der Waals surface area contributed by atoms with Crippen molar-refractivity contribution in [3.8, 4) is 28.4 Å². The molecule has 2 aromatic heterocycles. The number of nitrogens with zero attached hydrogens (tertiary/aromatic N) is 6. The fraction of sp³-hybridized carbons (Fsp3) is 0.258. The summed E-state index contributed by atoms with van der Waals surface area (Å²) >= 11 is 0. The predicted octanol–water partition coefficient (Wildman–Crippen LogP) is 4.70. The molecule has 12 heteroatoms. The average molecular weight is 585 g/mol. The number of amides is 1. The Morgan fingerprint density at radius 1 is 1.21 bits per heavy atom. The second-order valence-corrected chi connectivity index (χ2v) is 10.6. The third-order valence-corrected chi connectivity index (χ3v) is 7.81. The highest BCUT2D eigenvalue weighted by Crippen LogP contribution is 2.44. The number of hydrogen-bond donors (Lipinski definition) is 1. The van der Waals surface area contributed by atoms with E-state index < -0.39 is 40.4 Å². The van der Waals surface area contributed by atoms with Gasteiger partial charge < -0.3 is 19.6 Å². The Morgan fingerprint density at radius 2 is 1.98 bits per heavy atom. The summed E-state index contributed by atoms with van der Waals surface area (Å²) in [5.74, 6) is -3.20. The minimum Gasteiger partial charge on any atom is -0.507 e. The van der Waals surface area contributed by atoms with Crippen molar-refractivity contribution in [1.82, 2.24) is 19.4 Å². The predicted molar refractivity (Wildman–Crippen MR) is 156 cm³/mol. The van der Waals surface area contributed by atoms with Crippen LogP contribution in [0.4, 0.5) is 20.3 Å². The van der Waals surface area contributed by atoms with Crippen molar-refractivity contribution in [2.75, 3.05) is 31.1 Å². The number of halogens is 2. The first-order chi connectivity index (χ1) is 20.7. The van der Waals surface area contributed by atoms with Crippen LogP contribution in [-0.2, 0) is 4.79 Å². The van der Waals surface area contributed by atoms with E-state index in [2.05, 4.69) is 21.4 Å². The summed E-state index contributed by atoms with van der Waals surface area (Å²) in [6.07, 6.45) is 1.21. The van der Waals surface area contributed by atoms with E-state index in [1.54, 1.807) is 28.0 Å². The van der Waals surface area contributed by atoms with Gasteiger partial charge in [-0.25, -0.2) is 23.4 Å². The van der Waals surface area contributed by atoms with E-state index in [0.717, 1.165) is 10.6 Å². The van der Waals surface area contributed by atoms with Crippen LogP contribution >= 0.6 is 0 Å². The molecule has 218 valence electrons. The van der Waals surface area contributed by atoms with Crippen molar-refractivity contribution in [2.24, 2.45) is 0 Å². The Bertz CT molecular complexity index is 1910. The van der Waals surface area contributed by atoms with Crippen molar-refractivity contribution in [3.05, 3.63) is 88.2 Å². The Labute approximate surface area is 244 Å². The van der Waals surface area contributed by atoms with Gasteiger partial charge >= 0.3 is 5.69 Å². The number of benzene rings is 2. The Hall–Kier alpha value is -5.31. The topological polar surface area (TPSA) is 105 Å². The molecule has 6 rings (SSSR count). The van der Waals surface area contributed by atoms with Gasteiger partial charge in [-0.1, -0.05) is 44.7 Å². The lowest BCUT2D eigenvalue weighted by Crippen LogP contribution is -2.56. The maximum absolute atomic E-state index is 16.4. The molecule has 4 heterocycles. The Kier molecular flexibility index (Phi) is 6.80. The molecule has 1 saturated heterocycles. The summed E-state index contributed by atoms with van der Waals surface area (Å²) in [6.45, 7) is 15.8. The molecule has 1 N–H and O–H groups in total. The number of aromatic nitrogens is 3. The van der Waals surface area contributed by atoms with E-state index in [1.807, 2.05) is 13.8 Å². The molecule has 0 aliphatic carbocycles. The summed E-state index contributed by atoms with van der Waals surface area (Å²) in [5.41, 5.74) is -0.999. The van der Waals surface area contributed by atoms with E-state index in [-0.39, 0.29) is 72.0 Å². The van der Waals surface area contributed by atoms with E-state index in [1.165, 1.54) is 18.2 Å². The van der Waals surface area contributed by atoms with Crippen LogP contribution in [-0.4, -0.2) is 62.7 Å². The van der Waals surface area contributed by atoms with Crippen LogP contribution in [0.5, 0.6) is 11.5 Å². The first-order valence-corrected chi connectivity index (χ1v) is 13.6. The molecule has 2 aromatic carbocycles. The van der Waals surface area contributed by atoms with Crippen molar-refractivity contribution < 1.29 is 23.4 Å². The van der Waals surface area contributed by atoms with Crippen molar-refractivity contribution in [1.29, 1.82) is 0 Å². The highest BCUT2D eigenvalue weighted by molar-refractivity contribution is 5.97. The van der Waals surface area contributed by atoms with Crippen LogP contribution in [0.3, 0.4) is 0 Å². The van der Waals surface area contributed by atoms with Gasteiger partial charge in [0.25, 0.3) is 0 Å². The van der Waals surface area contributed by atoms with E-state index in [0.29, 0.717) is 5.56 Å². The van der Waals surface area contributed by atoms with E-state index in [4.69, 9.17) is 11.3 Å². The monoisotopic (exact) mass is 584 g/mol. The molecule has 2 aliphatic heterocycles. The minimum absolute atomic E-state index is 0.0529. The standard InChI is InChI=1S/C31H26F2N6O4/c1-5-22(41)37-12-13-38-17(14-37)15-43-28-24-29(38)36-31(42)39(27-18(16(2)3)8-6-10-20(27)34-4)30(24)35-26(25(28)33)23-19(32)9-7-11-21(23)40/h5-11,16-17,40H,1,12-15H2,2-3H3/t17-/m1/s1. The van der Waals surface area contributed by atoms with Crippen LogP contribution in [0.25, 0.3) is 32.8 Å².